The summed E-state index contributed by atoms with van der Waals surface area (Å²) in [4.78, 5) is 2.25. The molecule has 6 heteroatoms. The molecule has 0 spiro atoms. The topological polar surface area (TPSA) is 49.4 Å². The molecule has 0 aromatic carbocycles. The number of nitrogens with one attached hydrogen (secondary N) is 1. The molecule has 0 radical (unpaired) electrons. The van der Waals surface area contributed by atoms with Gasteiger partial charge in [-0.25, -0.2) is 13.1 Å². The Hall–Kier alpha value is 0.350. The van der Waals surface area contributed by atoms with E-state index in [4.69, 9.17) is 0 Å². The van der Waals surface area contributed by atoms with Gasteiger partial charge in [0.15, 0.2) is 0 Å². The van der Waals surface area contributed by atoms with Gasteiger partial charge < -0.3 is 4.90 Å². The predicted molar refractivity (Wildman–Crippen MR) is 60.9 cm³/mol. The molecule has 1 atom stereocenters. The van der Waals surface area contributed by atoms with Crippen LogP contribution in [0.2, 0.25) is 0 Å². The van der Waals surface area contributed by atoms with E-state index in [-0.39, 0.29) is 4.66 Å². The van der Waals surface area contributed by atoms with Crippen LogP contribution in [0, 0.1) is 5.92 Å². The molecule has 84 valence electrons. The van der Waals surface area contributed by atoms with Crippen molar-refractivity contribution >= 4 is 26.0 Å². The normalized spacial score (nSPS) is 25.1. The summed E-state index contributed by atoms with van der Waals surface area (Å²) in [5.41, 5.74) is 0. The van der Waals surface area contributed by atoms with Crippen LogP contribution < -0.4 is 4.72 Å². The third-order valence-electron chi connectivity index (χ3n) is 2.46. The van der Waals surface area contributed by atoms with Crippen LogP contribution in [0.15, 0.2) is 0 Å². The van der Waals surface area contributed by atoms with E-state index in [1.54, 1.807) is 0 Å². The summed E-state index contributed by atoms with van der Waals surface area (Å²) in [7, 11) is -1.01. The molecular weight excluding hydrogens is 268 g/mol. The van der Waals surface area contributed by atoms with Gasteiger partial charge >= 0.3 is 0 Å². The summed E-state index contributed by atoms with van der Waals surface area (Å²) in [5.74, 6) is 0.461. The van der Waals surface area contributed by atoms with Gasteiger partial charge in [0.1, 0.15) is 4.66 Å². The van der Waals surface area contributed by atoms with Crippen LogP contribution in [0.4, 0.5) is 0 Å². The first-order valence-electron chi connectivity index (χ1n) is 4.75. The van der Waals surface area contributed by atoms with E-state index in [2.05, 4.69) is 32.6 Å². The number of likely N-dealkylation sites (tertiary alicyclic amines) is 1. The number of alkyl halides is 1. The van der Waals surface area contributed by atoms with Crippen LogP contribution in [-0.4, -0.2) is 44.7 Å². The van der Waals surface area contributed by atoms with Gasteiger partial charge in [0.05, 0.1) is 0 Å². The Morgan fingerprint density at radius 2 is 2.29 bits per heavy atom. The van der Waals surface area contributed by atoms with Crippen molar-refractivity contribution in [3.63, 3.8) is 0 Å². The zero-order chi connectivity index (χ0) is 10.6. The van der Waals surface area contributed by atoms with Crippen molar-refractivity contribution in [2.45, 2.75) is 12.8 Å². The lowest BCUT2D eigenvalue weighted by molar-refractivity contribution is 0.211. The SMILES string of the molecule is CN1CCCC(CNS(=O)(=O)CBr)C1. The van der Waals surface area contributed by atoms with Crippen molar-refractivity contribution in [3.8, 4) is 0 Å². The van der Waals surface area contributed by atoms with Gasteiger partial charge in [-0.1, -0.05) is 15.9 Å². The van der Waals surface area contributed by atoms with Crippen LogP contribution in [0.1, 0.15) is 12.8 Å². The average Bonchev–Trinajstić information content (AvgIpc) is 2.15. The molecule has 0 aliphatic carbocycles. The van der Waals surface area contributed by atoms with Crippen molar-refractivity contribution in [1.29, 1.82) is 0 Å². The maximum Gasteiger partial charge on any atom is 0.221 e. The molecule has 1 rings (SSSR count). The van der Waals surface area contributed by atoms with Crippen molar-refractivity contribution < 1.29 is 8.42 Å². The van der Waals surface area contributed by atoms with Gasteiger partial charge in [-0.2, -0.15) is 0 Å². The highest BCUT2D eigenvalue weighted by Gasteiger charge is 2.18. The summed E-state index contributed by atoms with van der Waals surface area (Å²) in [6.45, 7) is 2.69. The van der Waals surface area contributed by atoms with Gasteiger partial charge in [-0.05, 0) is 32.4 Å². The average molecular weight is 285 g/mol. The Bertz CT molecular complexity index is 269. The monoisotopic (exact) mass is 284 g/mol. The van der Waals surface area contributed by atoms with E-state index in [1.807, 2.05) is 0 Å². The number of halogens is 1. The van der Waals surface area contributed by atoms with Gasteiger partial charge in [0.25, 0.3) is 0 Å². The quantitative estimate of drug-likeness (QED) is 0.770. The van der Waals surface area contributed by atoms with E-state index < -0.39 is 10.0 Å². The highest BCUT2D eigenvalue weighted by atomic mass is 79.9. The maximum atomic E-state index is 11.2. The molecule has 0 aromatic heterocycles. The fourth-order valence-electron chi connectivity index (χ4n) is 1.72. The fourth-order valence-corrected chi connectivity index (χ4v) is 2.78. The lowest BCUT2D eigenvalue weighted by Crippen LogP contribution is -2.39. The van der Waals surface area contributed by atoms with Crippen molar-refractivity contribution in [3.05, 3.63) is 0 Å². The summed E-state index contributed by atoms with van der Waals surface area (Å²) in [6.07, 6.45) is 2.28. The summed E-state index contributed by atoms with van der Waals surface area (Å²) in [6, 6.07) is 0. The Morgan fingerprint density at radius 1 is 1.57 bits per heavy atom. The summed E-state index contributed by atoms with van der Waals surface area (Å²) < 4.78 is 24.9. The highest BCUT2D eigenvalue weighted by molar-refractivity contribution is 9.10. The molecule has 1 unspecified atom stereocenters. The molecule has 0 saturated carbocycles. The number of rotatable bonds is 4. The second-order valence-electron chi connectivity index (χ2n) is 3.84. The highest BCUT2D eigenvalue weighted by Crippen LogP contribution is 2.14. The molecule has 1 heterocycles. The third kappa shape index (κ3) is 4.25. The number of hydrogen-bond acceptors (Lipinski definition) is 3. The smallest absolute Gasteiger partial charge is 0.221 e. The van der Waals surface area contributed by atoms with Crippen molar-refractivity contribution in [2.75, 3.05) is 31.3 Å². The molecule has 1 aliphatic heterocycles. The van der Waals surface area contributed by atoms with E-state index >= 15 is 0 Å². The molecule has 0 bridgehead atoms. The molecule has 1 saturated heterocycles. The first kappa shape index (κ1) is 12.4. The standard InChI is InChI=1S/C8H17BrN2O2S/c1-11-4-2-3-8(6-11)5-10-14(12,13)7-9/h8,10H,2-7H2,1H3. The molecule has 14 heavy (non-hydrogen) atoms. The van der Waals surface area contributed by atoms with E-state index in [9.17, 15) is 8.42 Å². The molecule has 0 amide bonds. The minimum absolute atomic E-state index is 0.0113. The Labute approximate surface area is 94.2 Å². The molecule has 4 nitrogen and oxygen atoms in total. The number of hydrogen-bond donors (Lipinski definition) is 1. The molecule has 0 aromatic rings. The van der Waals surface area contributed by atoms with Crippen LogP contribution in [0.3, 0.4) is 0 Å². The van der Waals surface area contributed by atoms with Crippen LogP contribution >= 0.6 is 15.9 Å². The minimum atomic E-state index is -3.09. The second kappa shape index (κ2) is 5.44. The number of nitrogens with zero attached hydrogens (tertiary/aromatic N) is 1. The maximum absolute atomic E-state index is 11.2. The Kier molecular flexibility index (Phi) is 4.82. The van der Waals surface area contributed by atoms with Gasteiger partial charge in [0.2, 0.25) is 10.0 Å². The van der Waals surface area contributed by atoms with Gasteiger partial charge in [-0.15, -0.1) is 0 Å². The number of sulfonamides is 1. The first-order chi connectivity index (χ1) is 6.53. The largest absolute Gasteiger partial charge is 0.306 e. The third-order valence-corrected chi connectivity index (χ3v) is 5.16. The lowest BCUT2D eigenvalue weighted by Gasteiger charge is -2.29. The van der Waals surface area contributed by atoms with Crippen molar-refractivity contribution in [1.82, 2.24) is 9.62 Å². The molecule has 1 N–H and O–H groups in total. The Morgan fingerprint density at radius 3 is 2.86 bits per heavy atom. The summed E-state index contributed by atoms with van der Waals surface area (Å²) in [5, 5.41) is 0. The Balaban J connectivity index is 2.31. The summed E-state index contributed by atoms with van der Waals surface area (Å²) >= 11 is 2.95. The van der Waals surface area contributed by atoms with E-state index in [0.29, 0.717) is 12.5 Å². The second-order valence-corrected chi connectivity index (χ2v) is 6.95. The van der Waals surface area contributed by atoms with Gasteiger partial charge in [0, 0.05) is 13.1 Å². The van der Waals surface area contributed by atoms with Crippen LogP contribution in [0.25, 0.3) is 0 Å². The first-order valence-corrected chi connectivity index (χ1v) is 7.53. The van der Waals surface area contributed by atoms with Gasteiger partial charge in [-0.3, -0.25) is 0 Å². The van der Waals surface area contributed by atoms with Crippen LogP contribution in [0.5, 0.6) is 0 Å². The van der Waals surface area contributed by atoms with Crippen LogP contribution in [-0.2, 0) is 10.0 Å². The van der Waals surface area contributed by atoms with E-state index in [0.717, 1.165) is 25.9 Å². The minimum Gasteiger partial charge on any atom is -0.306 e. The zero-order valence-corrected chi connectivity index (χ0v) is 10.8. The fraction of sp³-hybridized carbons (Fsp3) is 1.00. The molecule has 1 aliphatic rings. The number of piperidine rings is 1. The molecule has 1 fully saturated rings. The molecular formula is C8H17BrN2O2S. The van der Waals surface area contributed by atoms with Crippen molar-refractivity contribution in [2.24, 2.45) is 5.92 Å². The predicted octanol–water partition coefficient (Wildman–Crippen LogP) is 0.600. The lowest BCUT2D eigenvalue weighted by atomic mass is 9.99. The zero-order valence-electron chi connectivity index (χ0n) is 8.37. The van der Waals surface area contributed by atoms with E-state index in [1.165, 1.54) is 0 Å².